The summed E-state index contributed by atoms with van der Waals surface area (Å²) in [5, 5.41) is 0.466. The summed E-state index contributed by atoms with van der Waals surface area (Å²) in [5.74, 6) is 0.387. The van der Waals surface area contributed by atoms with Crippen molar-refractivity contribution >= 4 is 32.6 Å². The lowest BCUT2D eigenvalue weighted by atomic mass is 10.1. The Morgan fingerprint density at radius 2 is 1.97 bits per heavy atom. The first-order valence-electron chi connectivity index (χ1n) is 9.99. The molecule has 0 bridgehead atoms. The van der Waals surface area contributed by atoms with Gasteiger partial charge in [-0.2, -0.15) is 0 Å². The second-order valence-corrected chi connectivity index (χ2v) is 8.07. The molecule has 164 valence electrons. The fourth-order valence-corrected chi connectivity index (χ4v) is 4.50. The molecule has 2 aromatic carbocycles. The first-order chi connectivity index (χ1) is 15.1. The quantitative estimate of drug-likeness (QED) is 0.555. The van der Waals surface area contributed by atoms with E-state index in [1.807, 2.05) is 0 Å². The minimum Gasteiger partial charge on any atom is -0.493 e. The van der Waals surface area contributed by atoms with Gasteiger partial charge in [-0.1, -0.05) is 17.4 Å². The molecule has 7 nitrogen and oxygen atoms in total. The molecule has 0 unspecified atom stereocenters. The number of fused-ring (bicyclic) bond motifs is 1. The molecule has 2 heterocycles. The number of benzene rings is 2. The second-order valence-electron chi connectivity index (χ2n) is 7.06. The third kappa shape index (κ3) is 4.63. The number of para-hydroxylation sites is 1. The molecule has 1 aliphatic heterocycles. The number of hydrogen-bond acceptors (Lipinski definition) is 7. The Morgan fingerprint density at radius 3 is 2.68 bits per heavy atom. The third-order valence-corrected chi connectivity index (χ3v) is 6.25. The van der Waals surface area contributed by atoms with Crippen LogP contribution in [-0.4, -0.2) is 69.4 Å². The lowest BCUT2D eigenvalue weighted by Gasteiger charge is -2.29. The predicted molar refractivity (Wildman–Crippen MR) is 118 cm³/mol. The number of ether oxygens (including phenoxy) is 3. The number of halogens is 1. The summed E-state index contributed by atoms with van der Waals surface area (Å²) in [7, 11) is 3.07. The molecule has 1 amide bonds. The maximum Gasteiger partial charge on any atom is 0.260 e. The molecule has 0 N–H and O–H groups in total. The molecule has 1 aromatic heterocycles. The van der Waals surface area contributed by atoms with Gasteiger partial charge in [0.25, 0.3) is 5.91 Å². The summed E-state index contributed by atoms with van der Waals surface area (Å²) in [6, 6.07) is 9.87. The highest BCUT2D eigenvalue weighted by molar-refractivity contribution is 7.22. The van der Waals surface area contributed by atoms with E-state index in [-0.39, 0.29) is 11.4 Å². The Labute approximate surface area is 183 Å². The van der Waals surface area contributed by atoms with Crippen molar-refractivity contribution in [2.45, 2.75) is 0 Å². The number of carbonyl (C=O) groups excluding carboxylic acids is 1. The largest absolute Gasteiger partial charge is 0.493 e. The molecule has 1 aliphatic rings. The normalized spacial score (nSPS) is 14.5. The van der Waals surface area contributed by atoms with Crippen LogP contribution in [0.2, 0.25) is 0 Å². The van der Waals surface area contributed by atoms with Gasteiger partial charge < -0.3 is 14.2 Å². The SMILES string of the molecule is COc1ccc(C(=O)N(CCN2CCOCC2)c2nc3c(F)cccc3s2)cc1OC. The Morgan fingerprint density at radius 1 is 1.19 bits per heavy atom. The minimum atomic E-state index is -0.397. The third-order valence-electron chi connectivity index (χ3n) is 5.21. The van der Waals surface area contributed by atoms with E-state index in [2.05, 4.69) is 9.88 Å². The van der Waals surface area contributed by atoms with Crippen molar-refractivity contribution in [3.05, 3.63) is 47.8 Å². The van der Waals surface area contributed by atoms with Crippen molar-refractivity contribution in [3.63, 3.8) is 0 Å². The average molecular weight is 446 g/mol. The van der Waals surface area contributed by atoms with Gasteiger partial charge in [-0.25, -0.2) is 9.37 Å². The second kappa shape index (κ2) is 9.59. The van der Waals surface area contributed by atoms with Crippen molar-refractivity contribution < 1.29 is 23.4 Å². The number of amides is 1. The monoisotopic (exact) mass is 445 g/mol. The van der Waals surface area contributed by atoms with Crippen LogP contribution in [0.5, 0.6) is 11.5 Å². The number of aromatic nitrogens is 1. The summed E-state index contributed by atoms with van der Waals surface area (Å²) in [6.07, 6.45) is 0. The van der Waals surface area contributed by atoms with E-state index in [1.54, 1.807) is 42.3 Å². The molecule has 0 saturated carbocycles. The van der Waals surface area contributed by atoms with E-state index in [4.69, 9.17) is 14.2 Å². The van der Waals surface area contributed by atoms with Crippen LogP contribution in [0.25, 0.3) is 10.2 Å². The molecule has 31 heavy (non-hydrogen) atoms. The van der Waals surface area contributed by atoms with Crippen LogP contribution < -0.4 is 14.4 Å². The molecule has 9 heteroatoms. The summed E-state index contributed by atoms with van der Waals surface area (Å²) in [5.41, 5.74) is 0.721. The number of thiazole rings is 1. The molecule has 1 fully saturated rings. The van der Waals surface area contributed by atoms with Gasteiger partial charge in [0, 0.05) is 31.7 Å². The van der Waals surface area contributed by atoms with Crippen molar-refractivity contribution in [2.75, 3.05) is 58.5 Å². The topological polar surface area (TPSA) is 64.1 Å². The highest BCUT2D eigenvalue weighted by Crippen LogP contribution is 2.33. The minimum absolute atomic E-state index is 0.228. The molecule has 0 aliphatic carbocycles. The zero-order chi connectivity index (χ0) is 21.8. The predicted octanol–water partition coefficient (Wildman–Crippen LogP) is 3.43. The summed E-state index contributed by atoms with van der Waals surface area (Å²) >= 11 is 1.30. The molecule has 3 aromatic rings. The van der Waals surface area contributed by atoms with Crippen LogP contribution in [0.4, 0.5) is 9.52 Å². The van der Waals surface area contributed by atoms with E-state index < -0.39 is 5.82 Å². The zero-order valence-electron chi connectivity index (χ0n) is 17.5. The van der Waals surface area contributed by atoms with Gasteiger partial charge in [-0.3, -0.25) is 14.6 Å². The zero-order valence-corrected chi connectivity index (χ0v) is 18.3. The number of rotatable bonds is 7. The van der Waals surface area contributed by atoms with Gasteiger partial charge >= 0.3 is 0 Å². The Hall–Kier alpha value is -2.75. The molecule has 1 saturated heterocycles. The fourth-order valence-electron chi connectivity index (χ4n) is 3.49. The molecule has 0 spiro atoms. The molecule has 4 rings (SSSR count). The maximum atomic E-state index is 14.2. The van der Waals surface area contributed by atoms with Gasteiger partial charge in [-0.05, 0) is 30.3 Å². The fraction of sp³-hybridized carbons (Fsp3) is 0.364. The van der Waals surface area contributed by atoms with E-state index in [0.717, 1.165) is 13.1 Å². The Bertz CT molecular complexity index is 1070. The van der Waals surface area contributed by atoms with Gasteiger partial charge in [0.1, 0.15) is 11.3 Å². The van der Waals surface area contributed by atoms with Crippen LogP contribution in [-0.2, 0) is 4.74 Å². The highest BCUT2D eigenvalue weighted by atomic mass is 32.1. The van der Waals surface area contributed by atoms with Crippen LogP contribution in [0, 0.1) is 5.82 Å². The van der Waals surface area contributed by atoms with E-state index in [1.165, 1.54) is 24.5 Å². The first kappa shape index (κ1) is 21.5. The summed E-state index contributed by atoms with van der Waals surface area (Å²) < 4.78 is 31.0. The summed E-state index contributed by atoms with van der Waals surface area (Å²) in [6.45, 7) is 4.07. The lowest BCUT2D eigenvalue weighted by molar-refractivity contribution is 0.0391. The first-order valence-corrected chi connectivity index (χ1v) is 10.8. The average Bonchev–Trinajstić information content (AvgIpc) is 3.24. The Balaban J connectivity index is 1.66. The number of methoxy groups -OCH3 is 2. The van der Waals surface area contributed by atoms with Crippen molar-refractivity contribution in [1.82, 2.24) is 9.88 Å². The standard InChI is InChI=1S/C22H24FN3O4S/c1-28-17-7-6-15(14-18(17)29-2)21(27)26(9-8-25-10-12-30-13-11-25)22-24-20-16(23)4-3-5-19(20)31-22/h3-7,14H,8-13H2,1-2H3. The molecule has 0 radical (unpaired) electrons. The van der Waals surface area contributed by atoms with Gasteiger partial charge in [0.2, 0.25) is 0 Å². The highest BCUT2D eigenvalue weighted by Gasteiger charge is 2.24. The summed E-state index contributed by atoms with van der Waals surface area (Å²) in [4.78, 5) is 21.8. The van der Waals surface area contributed by atoms with Gasteiger partial charge in [0.05, 0.1) is 32.1 Å². The van der Waals surface area contributed by atoms with Gasteiger partial charge in [0.15, 0.2) is 16.6 Å². The van der Waals surface area contributed by atoms with Crippen LogP contribution in [0.15, 0.2) is 36.4 Å². The van der Waals surface area contributed by atoms with E-state index >= 15 is 0 Å². The van der Waals surface area contributed by atoms with Crippen molar-refractivity contribution in [2.24, 2.45) is 0 Å². The van der Waals surface area contributed by atoms with Crippen molar-refractivity contribution in [3.8, 4) is 11.5 Å². The van der Waals surface area contributed by atoms with Crippen LogP contribution in [0.1, 0.15) is 10.4 Å². The van der Waals surface area contributed by atoms with Gasteiger partial charge in [-0.15, -0.1) is 0 Å². The number of anilines is 1. The van der Waals surface area contributed by atoms with Crippen LogP contribution in [0.3, 0.4) is 0 Å². The van der Waals surface area contributed by atoms with Crippen molar-refractivity contribution in [1.29, 1.82) is 0 Å². The molecular weight excluding hydrogens is 421 g/mol. The Kier molecular flexibility index (Phi) is 6.64. The number of nitrogens with zero attached hydrogens (tertiary/aromatic N) is 3. The number of hydrogen-bond donors (Lipinski definition) is 0. The number of carbonyl (C=O) groups is 1. The number of morpholine rings is 1. The smallest absolute Gasteiger partial charge is 0.260 e. The lowest BCUT2D eigenvalue weighted by Crippen LogP contribution is -2.43. The van der Waals surface area contributed by atoms with Crippen LogP contribution >= 0.6 is 11.3 Å². The maximum absolute atomic E-state index is 14.2. The molecular formula is C22H24FN3O4S. The van der Waals surface area contributed by atoms with E-state index in [9.17, 15) is 9.18 Å². The van der Waals surface area contributed by atoms with E-state index in [0.29, 0.717) is 53.2 Å². The molecule has 0 atom stereocenters.